The Labute approximate surface area is 123 Å². The molecule has 18 heavy (non-hydrogen) atoms. The number of halogens is 2. The summed E-state index contributed by atoms with van der Waals surface area (Å²) in [5, 5.41) is 0. The van der Waals surface area contributed by atoms with E-state index in [1.807, 2.05) is 42.5 Å². The van der Waals surface area contributed by atoms with Crippen LogP contribution in [0.1, 0.15) is 17.2 Å². The summed E-state index contributed by atoms with van der Waals surface area (Å²) in [4.78, 5) is 0. The van der Waals surface area contributed by atoms with Gasteiger partial charge in [0.25, 0.3) is 0 Å². The van der Waals surface area contributed by atoms with Gasteiger partial charge >= 0.3 is 0 Å². The normalized spacial score (nSPS) is 12.2. The van der Waals surface area contributed by atoms with Crippen LogP contribution in [0.3, 0.4) is 0 Å². The van der Waals surface area contributed by atoms with E-state index in [0.29, 0.717) is 0 Å². The minimum absolute atomic E-state index is 0.229. The lowest BCUT2D eigenvalue weighted by Crippen LogP contribution is -2.13. The molecule has 2 aromatic carbocycles. The maximum atomic E-state index is 6.33. The van der Waals surface area contributed by atoms with Gasteiger partial charge in [0.05, 0.1) is 13.2 Å². The van der Waals surface area contributed by atoms with E-state index in [-0.39, 0.29) is 6.04 Å². The van der Waals surface area contributed by atoms with Gasteiger partial charge in [0.15, 0.2) is 0 Å². The first-order valence-corrected chi connectivity index (χ1v) is 7.05. The minimum Gasteiger partial charge on any atom is -0.496 e. The van der Waals surface area contributed by atoms with Gasteiger partial charge in [-0.05, 0) is 29.8 Å². The Morgan fingerprint density at radius 2 is 1.78 bits per heavy atom. The van der Waals surface area contributed by atoms with Crippen molar-refractivity contribution >= 4 is 31.9 Å². The van der Waals surface area contributed by atoms with Crippen molar-refractivity contribution in [3.8, 4) is 5.75 Å². The molecule has 4 heteroatoms. The molecular formula is C14H13Br2NO. The second kappa shape index (κ2) is 5.87. The molecule has 0 saturated carbocycles. The van der Waals surface area contributed by atoms with Crippen molar-refractivity contribution in [3.05, 3.63) is 62.5 Å². The van der Waals surface area contributed by atoms with Crippen molar-refractivity contribution in [1.82, 2.24) is 0 Å². The number of hydrogen-bond acceptors (Lipinski definition) is 2. The second-order valence-corrected chi connectivity index (χ2v) is 5.66. The largest absolute Gasteiger partial charge is 0.496 e. The maximum Gasteiger partial charge on any atom is 0.123 e. The van der Waals surface area contributed by atoms with Crippen LogP contribution in [-0.4, -0.2) is 7.11 Å². The lowest BCUT2D eigenvalue weighted by atomic mass is 9.99. The molecule has 0 aromatic heterocycles. The fraction of sp³-hybridized carbons (Fsp3) is 0.143. The molecule has 0 aliphatic heterocycles. The highest BCUT2D eigenvalue weighted by atomic mass is 79.9. The molecule has 2 nitrogen and oxygen atoms in total. The highest BCUT2D eigenvalue weighted by Gasteiger charge is 2.16. The summed E-state index contributed by atoms with van der Waals surface area (Å²) in [6.07, 6.45) is 0. The van der Waals surface area contributed by atoms with Crippen LogP contribution in [0.15, 0.2) is 51.4 Å². The SMILES string of the molecule is COc1ccccc1C(N)c1cc(Br)ccc1Br. The van der Waals surface area contributed by atoms with Gasteiger partial charge in [0.2, 0.25) is 0 Å². The standard InChI is InChI=1S/C14H13Br2NO/c1-18-13-5-3-2-4-10(13)14(17)11-8-9(15)6-7-12(11)16/h2-8,14H,17H2,1H3. The first kappa shape index (κ1) is 13.6. The van der Waals surface area contributed by atoms with E-state index in [1.54, 1.807) is 7.11 Å². The summed E-state index contributed by atoms with van der Waals surface area (Å²) in [6.45, 7) is 0. The predicted molar refractivity (Wildman–Crippen MR) is 80.9 cm³/mol. The van der Waals surface area contributed by atoms with Crippen molar-refractivity contribution < 1.29 is 4.74 Å². The summed E-state index contributed by atoms with van der Waals surface area (Å²) >= 11 is 7.00. The number of para-hydroxylation sites is 1. The fourth-order valence-corrected chi connectivity index (χ4v) is 2.72. The summed E-state index contributed by atoms with van der Waals surface area (Å²) in [5.74, 6) is 0.803. The molecule has 0 amide bonds. The molecule has 0 aliphatic carbocycles. The van der Waals surface area contributed by atoms with Crippen LogP contribution >= 0.6 is 31.9 Å². The minimum atomic E-state index is -0.229. The molecule has 0 radical (unpaired) electrons. The van der Waals surface area contributed by atoms with Gasteiger partial charge in [-0.1, -0.05) is 50.1 Å². The van der Waals surface area contributed by atoms with Crippen molar-refractivity contribution in [2.24, 2.45) is 5.73 Å². The van der Waals surface area contributed by atoms with Gasteiger partial charge in [-0.3, -0.25) is 0 Å². The summed E-state index contributed by atoms with van der Waals surface area (Å²) in [5.41, 5.74) is 8.32. The average molecular weight is 371 g/mol. The molecule has 0 bridgehead atoms. The van der Waals surface area contributed by atoms with Crippen molar-refractivity contribution in [3.63, 3.8) is 0 Å². The van der Waals surface area contributed by atoms with Crippen LogP contribution < -0.4 is 10.5 Å². The smallest absolute Gasteiger partial charge is 0.123 e. The monoisotopic (exact) mass is 369 g/mol. The van der Waals surface area contributed by atoms with Crippen LogP contribution in [0.2, 0.25) is 0 Å². The van der Waals surface area contributed by atoms with Crippen LogP contribution in [0, 0.1) is 0 Å². The zero-order valence-electron chi connectivity index (χ0n) is 9.86. The number of nitrogens with two attached hydrogens (primary N) is 1. The third-order valence-corrected chi connectivity index (χ3v) is 3.98. The van der Waals surface area contributed by atoms with Crippen molar-refractivity contribution in [2.45, 2.75) is 6.04 Å². The highest BCUT2D eigenvalue weighted by Crippen LogP contribution is 2.33. The van der Waals surface area contributed by atoms with Gasteiger partial charge < -0.3 is 10.5 Å². The topological polar surface area (TPSA) is 35.2 Å². The molecule has 2 aromatic rings. The van der Waals surface area contributed by atoms with E-state index in [9.17, 15) is 0 Å². The molecule has 1 atom stereocenters. The lowest BCUT2D eigenvalue weighted by molar-refractivity contribution is 0.408. The van der Waals surface area contributed by atoms with Gasteiger partial charge in [-0.15, -0.1) is 0 Å². The van der Waals surface area contributed by atoms with Crippen LogP contribution in [0.4, 0.5) is 0 Å². The predicted octanol–water partition coefficient (Wildman–Crippen LogP) is 4.27. The Kier molecular flexibility index (Phi) is 4.43. The van der Waals surface area contributed by atoms with Gasteiger partial charge in [-0.2, -0.15) is 0 Å². The Morgan fingerprint density at radius 1 is 1.06 bits per heavy atom. The molecule has 1 unspecified atom stereocenters. The number of hydrogen-bond donors (Lipinski definition) is 1. The van der Waals surface area contributed by atoms with E-state index in [1.165, 1.54) is 0 Å². The summed E-state index contributed by atoms with van der Waals surface area (Å²) in [7, 11) is 1.65. The molecular weight excluding hydrogens is 358 g/mol. The van der Waals surface area contributed by atoms with Gasteiger partial charge in [0, 0.05) is 14.5 Å². The maximum absolute atomic E-state index is 6.33. The molecule has 0 fully saturated rings. The number of rotatable bonds is 3. The zero-order chi connectivity index (χ0) is 13.1. The molecule has 0 aliphatic rings. The van der Waals surface area contributed by atoms with Gasteiger partial charge in [0.1, 0.15) is 5.75 Å². The third-order valence-electron chi connectivity index (χ3n) is 2.77. The van der Waals surface area contributed by atoms with Crippen molar-refractivity contribution in [1.29, 1.82) is 0 Å². The van der Waals surface area contributed by atoms with Crippen LogP contribution in [0.25, 0.3) is 0 Å². The Balaban J connectivity index is 2.47. The molecule has 2 N–H and O–H groups in total. The van der Waals surface area contributed by atoms with E-state index in [0.717, 1.165) is 25.8 Å². The van der Waals surface area contributed by atoms with E-state index in [4.69, 9.17) is 10.5 Å². The molecule has 2 rings (SSSR count). The first-order valence-electron chi connectivity index (χ1n) is 5.47. The van der Waals surface area contributed by atoms with Crippen molar-refractivity contribution in [2.75, 3.05) is 7.11 Å². The Hall–Kier alpha value is -0.840. The van der Waals surface area contributed by atoms with Crippen LogP contribution in [-0.2, 0) is 0 Å². The molecule has 0 spiro atoms. The first-order chi connectivity index (χ1) is 8.63. The zero-order valence-corrected chi connectivity index (χ0v) is 13.0. The van der Waals surface area contributed by atoms with E-state index < -0.39 is 0 Å². The number of benzene rings is 2. The second-order valence-electron chi connectivity index (χ2n) is 3.89. The van der Waals surface area contributed by atoms with Gasteiger partial charge in [-0.25, -0.2) is 0 Å². The Bertz CT molecular complexity index is 557. The average Bonchev–Trinajstić information content (AvgIpc) is 2.40. The van der Waals surface area contributed by atoms with Crippen LogP contribution in [0.5, 0.6) is 5.75 Å². The number of methoxy groups -OCH3 is 1. The number of ether oxygens (including phenoxy) is 1. The Morgan fingerprint density at radius 3 is 2.50 bits per heavy atom. The fourth-order valence-electron chi connectivity index (χ4n) is 1.84. The quantitative estimate of drug-likeness (QED) is 0.875. The van der Waals surface area contributed by atoms with E-state index in [2.05, 4.69) is 31.9 Å². The van der Waals surface area contributed by atoms with E-state index >= 15 is 0 Å². The summed E-state index contributed by atoms with van der Waals surface area (Å²) in [6, 6.07) is 13.5. The molecule has 94 valence electrons. The molecule has 0 heterocycles. The summed E-state index contributed by atoms with van der Waals surface area (Å²) < 4.78 is 7.35. The lowest BCUT2D eigenvalue weighted by Gasteiger charge is -2.17. The molecule has 0 saturated heterocycles. The third kappa shape index (κ3) is 2.76. The highest BCUT2D eigenvalue weighted by molar-refractivity contribution is 9.11.